The molecule has 0 radical (unpaired) electrons. The fourth-order valence-electron chi connectivity index (χ4n) is 2.32. The highest BCUT2D eigenvalue weighted by molar-refractivity contribution is 7.90. The average Bonchev–Trinajstić information content (AvgIpc) is 3.14. The molecular weight excluding hydrogens is 386 g/mol. The third-order valence-electron chi connectivity index (χ3n) is 3.74. The number of nitrogens with zero attached hydrogens (tertiary/aromatic N) is 1. The molecule has 0 saturated heterocycles. The monoisotopic (exact) mass is 403 g/mol. The van der Waals surface area contributed by atoms with Crippen molar-refractivity contribution < 1.29 is 22.7 Å². The van der Waals surface area contributed by atoms with E-state index < -0.39 is 15.8 Å². The summed E-state index contributed by atoms with van der Waals surface area (Å²) < 4.78 is 33.4. The summed E-state index contributed by atoms with van der Waals surface area (Å²) in [4.78, 5) is 16.8. The largest absolute Gasteiger partial charge is 0.497 e. The lowest BCUT2D eigenvalue weighted by Crippen LogP contribution is -2.06. The maximum Gasteiger partial charge on any atom is 0.338 e. The number of carbonyl (C=O) groups is 1. The highest BCUT2D eigenvalue weighted by atomic mass is 32.2. The van der Waals surface area contributed by atoms with Crippen molar-refractivity contribution in [3.63, 3.8) is 0 Å². The van der Waals surface area contributed by atoms with E-state index >= 15 is 0 Å². The Balaban J connectivity index is 1.65. The molecule has 0 saturated carbocycles. The first-order valence-corrected chi connectivity index (χ1v) is 10.7. The summed E-state index contributed by atoms with van der Waals surface area (Å²) in [6.07, 6.45) is 1.11. The Morgan fingerprint density at radius 2 is 1.89 bits per heavy atom. The lowest BCUT2D eigenvalue weighted by atomic mass is 10.2. The quantitative estimate of drug-likeness (QED) is 0.585. The summed E-state index contributed by atoms with van der Waals surface area (Å²) in [5.74, 6) is 0.208. The molecule has 0 fully saturated rings. The molecule has 3 rings (SSSR count). The van der Waals surface area contributed by atoms with Crippen molar-refractivity contribution in [2.24, 2.45) is 0 Å². The number of carbonyl (C=O) groups excluding carboxylic acids is 1. The second-order valence-electron chi connectivity index (χ2n) is 5.75. The highest BCUT2D eigenvalue weighted by Crippen LogP contribution is 2.27. The van der Waals surface area contributed by atoms with Gasteiger partial charge in [0.2, 0.25) is 0 Å². The second kappa shape index (κ2) is 7.89. The summed E-state index contributed by atoms with van der Waals surface area (Å²) >= 11 is 1.45. The number of hydrogen-bond acceptors (Lipinski definition) is 7. The number of methoxy groups -OCH3 is 1. The Hall–Kier alpha value is -2.71. The second-order valence-corrected chi connectivity index (χ2v) is 8.62. The number of benzene rings is 2. The van der Waals surface area contributed by atoms with Crippen LogP contribution >= 0.6 is 11.3 Å². The van der Waals surface area contributed by atoms with Gasteiger partial charge in [-0.05, 0) is 36.4 Å². The van der Waals surface area contributed by atoms with Crippen molar-refractivity contribution >= 4 is 27.1 Å². The molecule has 0 aliphatic carbocycles. The lowest BCUT2D eigenvalue weighted by molar-refractivity contribution is 0.0468. The fourth-order valence-corrected chi connectivity index (χ4v) is 3.75. The van der Waals surface area contributed by atoms with Gasteiger partial charge in [-0.3, -0.25) is 0 Å². The normalized spacial score (nSPS) is 11.2. The third-order valence-corrected chi connectivity index (χ3v) is 5.81. The molecule has 0 spiro atoms. The SMILES string of the molecule is COc1cccc(-c2nc(COC(=O)c3ccc(S(C)(=O)=O)cc3)cs2)c1. The molecule has 0 bridgehead atoms. The zero-order valence-electron chi connectivity index (χ0n) is 14.7. The van der Waals surface area contributed by atoms with E-state index in [2.05, 4.69) is 4.98 Å². The summed E-state index contributed by atoms with van der Waals surface area (Å²) in [6.45, 7) is 0.0349. The molecule has 3 aromatic rings. The Labute approximate surface area is 161 Å². The molecule has 6 nitrogen and oxygen atoms in total. The predicted octanol–water partition coefficient (Wildman–Crippen LogP) is 3.58. The van der Waals surface area contributed by atoms with Crippen LogP contribution in [-0.2, 0) is 21.2 Å². The van der Waals surface area contributed by atoms with Gasteiger partial charge in [-0.25, -0.2) is 18.2 Å². The minimum atomic E-state index is -3.30. The first kappa shape index (κ1) is 19.1. The van der Waals surface area contributed by atoms with Crippen LogP contribution in [0.25, 0.3) is 10.6 Å². The molecule has 8 heteroatoms. The van der Waals surface area contributed by atoms with Gasteiger partial charge in [-0.15, -0.1) is 11.3 Å². The van der Waals surface area contributed by atoms with Gasteiger partial charge in [0, 0.05) is 17.2 Å². The van der Waals surface area contributed by atoms with Crippen LogP contribution in [0.2, 0.25) is 0 Å². The van der Waals surface area contributed by atoms with E-state index in [0.29, 0.717) is 5.69 Å². The minimum Gasteiger partial charge on any atom is -0.497 e. The fraction of sp³-hybridized carbons (Fsp3) is 0.158. The number of ether oxygens (including phenoxy) is 2. The minimum absolute atomic E-state index is 0.0349. The van der Waals surface area contributed by atoms with Gasteiger partial charge in [-0.2, -0.15) is 0 Å². The summed E-state index contributed by atoms with van der Waals surface area (Å²) in [7, 11) is -1.69. The van der Waals surface area contributed by atoms with Gasteiger partial charge >= 0.3 is 5.97 Å². The molecular formula is C19H17NO5S2. The number of rotatable bonds is 6. The number of hydrogen-bond donors (Lipinski definition) is 0. The van der Waals surface area contributed by atoms with Crippen LogP contribution in [0.1, 0.15) is 16.1 Å². The molecule has 0 amide bonds. The molecule has 0 aliphatic heterocycles. The standard InChI is InChI=1S/C19H17NO5S2/c1-24-16-5-3-4-14(10-16)18-20-15(12-26-18)11-25-19(21)13-6-8-17(9-7-13)27(2,22)23/h3-10,12H,11H2,1-2H3. The first-order chi connectivity index (χ1) is 12.9. The third kappa shape index (κ3) is 4.72. The zero-order chi connectivity index (χ0) is 19.4. The summed E-state index contributed by atoms with van der Waals surface area (Å²) in [5, 5.41) is 2.63. The number of thiazole rings is 1. The molecule has 0 N–H and O–H groups in total. The predicted molar refractivity (Wildman–Crippen MR) is 103 cm³/mol. The summed E-state index contributed by atoms with van der Waals surface area (Å²) in [5.41, 5.74) is 1.85. The lowest BCUT2D eigenvalue weighted by Gasteiger charge is -2.04. The Kier molecular flexibility index (Phi) is 5.57. The van der Waals surface area contributed by atoms with E-state index in [0.717, 1.165) is 22.6 Å². The molecule has 0 unspecified atom stereocenters. The number of aromatic nitrogens is 1. The van der Waals surface area contributed by atoms with Crippen molar-refractivity contribution in [2.75, 3.05) is 13.4 Å². The Morgan fingerprint density at radius 1 is 1.15 bits per heavy atom. The van der Waals surface area contributed by atoms with Crippen LogP contribution < -0.4 is 4.74 Å². The number of esters is 1. The molecule has 2 aromatic carbocycles. The molecule has 140 valence electrons. The topological polar surface area (TPSA) is 82.6 Å². The van der Waals surface area contributed by atoms with E-state index in [9.17, 15) is 13.2 Å². The zero-order valence-corrected chi connectivity index (χ0v) is 16.3. The van der Waals surface area contributed by atoms with Crippen LogP contribution in [0.4, 0.5) is 0 Å². The molecule has 1 aromatic heterocycles. The van der Waals surface area contributed by atoms with Crippen LogP contribution in [0.3, 0.4) is 0 Å². The van der Waals surface area contributed by atoms with E-state index in [1.807, 2.05) is 29.6 Å². The van der Waals surface area contributed by atoms with Crippen molar-refractivity contribution in [3.05, 3.63) is 65.2 Å². The van der Waals surface area contributed by atoms with Gasteiger partial charge < -0.3 is 9.47 Å². The van der Waals surface area contributed by atoms with Gasteiger partial charge in [0.05, 0.1) is 23.3 Å². The average molecular weight is 403 g/mol. The Bertz CT molecular complexity index is 1060. The van der Waals surface area contributed by atoms with Crippen LogP contribution in [0, 0.1) is 0 Å². The molecule has 27 heavy (non-hydrogen) atoms. The van der Waals surface area contributed by atoms with Crippen molar-refractivity contribution in [1.29, 1.82) is 0 Å². The maximum absolute atomic E-state index is 12.1. The van der Waals surface area contributed by atoms with Crippen molar-refractivity contribution in [2.45, 2.75) is 11.5 Å². The van der Waals surface area contributed by atoms with Gasteiger partial charge in [0.15, 0.2) is 9.84 Å². The van der Waals surface area contributed by atoms with Gasteiger partial charge in [0.25, 0.3) is 0 Å². The van der Waals surface area contributed by atoms with Crippen LogP contribution in [0.15, 0.2) is 58.8 Å². The molecule has 1 heterocycles. The van der Waals surface area contributed by atoms with Crippen molar-refractivity contribution in [3.8, 4) is 16.3 Å². The van der Waals surface area contributed by atoms with E-state index in [-0.39, 0.29) is 17.1 Å². The van der Waals surface area contributed by atoms with Crippen molar-refractivity contribution in [1.82, 2.24) is 4.98 Å². The van der Waals surface area contributed by atoms with Gasteiger partial charge in [0.1, 0.15) is 17.4 Å². The summed E-state index contributed by atoms with van der Waals surface area (Å²) in [6, 6.07) is 13.2. The van der Waals surface area contributed by atoms with E-state index in [4.69, 9.17) is 9.47 Å². The molecule has 0 atom stereocenters. The Morgan fingerprint density at radius 3 is 2.56 bits per heavy atom. The van der Waals surface area contributed by atoms with Crippen LogP contribution in [-0.4, -0.2) is 32.7 Å². The highest BCUT2D eigenvalue weighted by Gasteiger charge is 2.12. The van der Waals surface area contributed by atoms with Gasteiger partial charge in [-0.1, -0.05) is 12.1 Å². The van der Waals surface area contributed by atoms with E-state index in [1.165, 1.54) is 35.6 Å². The first-order valence-electron chi connectivity index (χ1n) is 7.93. The van der Waals surface area contributed by atoms with E-state index in [1.54, 1.807) is 7.11 Å². The smallest absolute Gasteiger partial charge is 0.338 e. The number of sulfone groups is 1. The van der Waals surface area contributed by atoms with Crippen LogP contribution in [0.5, 0.6) is 5.75 Å². The maximum atomic E-state index is 12.1. The molecule has 0 aliphatic rings.